The van der Waals surface area contributed by atoms with Gasteiger partial charge in [0.05, 0.1) is 7.11 Å². The molecule has 0 aromatic heterocycles. The molecular weight excluding hydrogens is 298 g/mol. The molecule has 0 aliphatic heterocycles. The lowest BCUT2D eigenvalue weighted by atomic mass is 9.70. The first-order valence-electron chi connectivity index (χ1n) is 7.71. The van der Waals surface area contributed by atoms with Crippen LogP contribution in [0.5, 0.6) is 11.5 Å². The lowest BCUT2D eigenvalue weighted by Gasteiger charge is -2.33. The van der Waals surface area contributed by atoms with E-state index in [1.54, 1.807) is 25.3 Å². The van der Waals surface area contributed by atoms with E-state index in [2.05, 4.69) is 13.5 Å². The van der Waals surface area contributed by atoms with Gasteiger partial charge in [0.15, 0.2) is 0 Å². The molecule has 1 atom stereocenters. The Morgan fingerprint density at radius 2 is 1.62 bits per heavy atom. The Labute approximate surface area is 143 Å². The normalized spacial score (nSPS) is 14.3. The lowest BCUT2D eigenvalue weighted by Crippen LogP contribution is -2.26. The average Bonchev–Trinajstić information content (AvgIpc) is 2.61. The van der Waals surface area contributed by atoms with Crippen LogP contribution in [-0.4, -0.2) is 12.2 Å². The maximum absolute atomic E-state index is 9.63. The van der Waals surface area contributed by atoms with E-state index in [1.165, 1.54) is 6.20 Å². The predicted octanol–water partition coefficient (Wildman–Crippen LogP) is 4.29. The van der Waals surface area contributed by atoms with Crippen molar-refractivity contribution in [2.24, 2.45) is 5.73 Å². The van der Waals surface area contributed by atoms with Crippen molar-refractivity contribution < 1.29 is 9.84 Å². The highest BCUT2D eigenvalue weighted by molar-refractivity contribution is 5.53. The second kappa shape index (κ2) is 7.55. The van der Waals surface area contributed by atoms with Crippen LogP contribution < -0.4 is 10.5 Å². The molecule has 24 heavy (non-hydrogen) atoms. The standard InChI is InChI=1S/C21H23NO2/c1-4-5-16(14-15-22)21(2,17-6-10-19(23)11-7-17)18-8-12-20(24-3)13-9-18/h4-15,23H,1,22H2,2-3H3/b15-14-,16-5+/t21-/m1/s1. The van der Waals surface area contributed by atoms with Crippen LogP contribution in [0.15, 0.2) is 85.1 Å². The minimum absolute atomic E-state index is 0.236. The van der Waals surface area contributed by atoms with E-state index in [0.29, 0.717) is 0 Å². The lowest BCUT2D eigenvalue weighted by molar-refractivity contribution is 0.414. The average molecular weight is 321 g/mol. The van der Waals surface area contributed by atoms with Gasteiger partial charge in [-0.05, 0) is 60.2 Å². The van der Waals surface area contributed by atoms with Crippen molar-refractivity contribution in [1.29, 1.82) is 0 Å². The molecule has 0 bridgehead atoms. The second-order valence-electron chi connectivity index (χ2n) is 5.62. The highest BCUT2D eigenvalue weighted by Gasteiger charge is 2.31. The topological polar surface area (TPSA) is 55.5 Å². The number of ether oxygens (including phenoxy) is 1. The summed E-state index contributed by atoms with van der Waals surface area (Å²) in [6, 6.07) is 15.2. The first-order chi connectivity index (χ1) is 11.6. The number of nitrogens with two attached hydrogens (primary N) is 1. The van der Waals surface area contributed by atoms with Crippen molar-refractivity contribution in [2.45, 2.75) is 12.3 Å². The Morgan fingerprint density at radius 3 is 2.08 bits per heavy atom. The molecule has 2 aromatic carbocycles. The summed E-state index contributed by atoms with van der Waals surface area (Å²) in [6.07, 6.45) is 7.09. The maximum atomic E-state index is 9.63. The molecule has 3 nitrogen and oxygen atoms in total. The minimum atomic E-state index is -0.454. The van der Waals surface area contributed by atoms with E-state index in [9.17, 15) is 5.11 Å². The van der Waals surface area contributed by atoms with Gasteiger partial charge in [-0.15, -0.1) is 0 Å². The number of rotatable bonds is 6. The van der Waals surface area contributed by atoms with E-state index in [1.807, 2.05) is 48.6 Å². The zero-order valence-electron chi connectivity index (χ0n) is 14.1. The number of methoxy groups -OCH3 is 1. The van der Waals surface area contributed by atoms with E-state index in [-0.39, 0.29) is 5.75 Å². The summed E-state index contributed by atoms with van der Waals surface area (Å²) in [4.78, 5) is 0. The summed E-state index contributed by atoms with van der Waals surface area (Å²) >= 11 is 0. The number of allylic oxidation sites excluding steroid dienone is 4. The molecule has 0 radical (unpaired) electrons. The van der Waals surface area contributed by atoms with E-state index >= 15 is 0 Å². The van der Waals surface area contributed by atoms with Crippen LogP contribution in [0.2, 0.25) is 0 Å². The molecule has 0 aliphatic rings. The van der Waals surface area contributed by atoms with Gasteiger partial charge in [-0.3, -0.25) is 0 Å². The number of phenols is 1. The molecule has 0 spiro atoms. The molecule has 0 heterocycles. The molecule has 0 fully saturated rings. The monoisotopic (exact) mass is 321 g/mol. The maximum Gasteiger partial charge on any atom is 0.118 e. The van der Waals surface area contributed by atoms with Gasteiger partial charge < -0.3 is 15.6 Å². The summed E-state index contributed by atoms with van der Waals surface area (Å²) in [6.45, 7) is 5.94. The van der Waals surface area contributed by atoms with Crippen LogP contribution in [-0.2, 0) is 5.41 Å². The molecule has 3 heteroatoms. The van der Waals surface area contributed by atoms with Gasteiger partial charge >= 0.3 is 0 Å². The van der Waals surface area contributed by atoms with Crippen molar-refractivity contribution in [2.75, 3.05) is 7.11 Å². The van der Waals surface area contributed by atoms with Crippen LogP contribution in [0, 0.1) is 0 Å². The number of benzene rings is 2. The third kappa shape index (κ3) is 3.35. The first kappa shape index (κ1) is 17.4. The summed E-state index contributed by atoms with van der Waals surface area (Å²) in [5.74, 6) is 1.04. The second-order valence-corrected chi connectivity index (χ2v) is 5.62. The van der Waals surface area contributed by atoms with E-state index in [0.717, 1.165) is 22.4 Å². The van der Waals surface area contributed by atoms with Crippen LogP contribution in [0.4, 0.5) is 0 Å². The molecule has 3 N–H and O–H groups in total. The summed E-state index contributed by atoms with van der Waals surface area (Å²) in [7, 11) is 1.65. The molecule has 0 saturated carbocycles. The predicted molar refractivity (Wildman–Crippen MR) is 99.2 cm³/mol. The van der Waals surface area contributed by atoms with Crippen LogP contribution >= 0.6 is 0 Å². The van der Waals surface area contributed by atoms with E-state index < -0.39 is 5.41 Å². The third-order valence-electron chi connectivity index (χ3n) is 4.26. The summed E-state index contributed by atoms with van der Waals surface area (Å²) in [5, 5.41) is 9.63. The number of hydrogen-bond acceptors (Lipinski definition) is 3. The Kier molecular flexibility index (Phi) is 5.48. The van der Waals surface area contributed by atoms with Crippen molar-refractivity contribution in [3.8, 4) is 11.5 Å². The highest BCUT2D eigenvalue weighted by Crippen LogP contribution is 2.40. The van der Waals surface area contributed by atoms with Gasteiger partial charge in [0, 0.05) is 5.41 Å². The molecule has 0 saturated heterocycles. The fourth-order valence-corrected chi connectivity index (χ4v) is 2.84. The van der Waals surface area contributed by atoms with Gasteiger partial charge in [0.1, 0.15) is 11.5 Å². The van der Waals surface area contributed by atoms with Gasteiger partial charge in [-0.25, -0.2) is 0 Å². The summed E-state index contributed by atoms with van der Waals surface area (Å²) in [5.41, 5.74) is 8.33. The van der Waals surface area contributed by atoms with Crippen molar-refractivity contribution >= 4 is 0 Å². The number of phenolic OH excluding ortho intramolecular Hbond substituents is 1. The third-order valence-corrected chi connectivity index (χ3v) is 4.26. The van der Waals surface area contributed by atoms with Gasteiger partial charge in [0.25, 0.3) is 0 Å². The largest absolute Gasteiger partial charge is 0.508 e. The van der Waals surface area contributed by atoms with Gasteiger partial charge in [-0.2, -0.15) is 0 Å². The molecule has 2 aromatic rings. The Bertz CT molecular complexity index is 742. The van der Waals surface area contributed by atoms with Crippen LogP contribution in [0.3, 0.4) is 0 Å². The van der Waals surface area contributed by atoms with Crippen LogP contribution in [0.1, 0.15) is 18.1 Å². The smallest absolute Gasteiger partial charge is 0.118 e. The zero-order valence-corrected chi connectivity index (χ0v) is 14.1. The number of hydrogen-bond donors (Lipinski definition) is 2. The van der Waals surface area contributed by atoms with Crippen LogP contribution in [0.25, 0.3) is 0 Å². The summed E-state index contributed by atoms with van der Waals surface area (Å²) < 4.78 is 5.26. The molecule has 124 valence electrons. The Morgan fingerprint density at radius 1 is 1.08 bits per heavy atom. The molecule has 2 rings (SSSR count). The van der Waals surface area contributed by atoms with Crippen molar-refractivity contribution in [3.63, 3.8) is 0 Å². The van der Waals surface area contributed by atoms with Gasteiger partial charge in [0.2, 0.25) is 0 Å². The fourth-order valence-electron chi connectivity index (χ4n) is 2.84. The van der Waals surface area contributed by atoms with Crippen molar-refractivity contribution in [3.05, 3.63) is 96.2 Å². The fraction of sp³-hybridized carbons (Fsp3) is 0.143. The molecular formula is C21H23NO2. The van der Waals surface area contributed by atoms with E-state index in [4.69, 9.17) is 10.5 Å². The molecule has 0 unspecified atom stereocenters. The first-order valence-corrected chi connectivity index (χ1v) is 7.71. The number of aromatic hydroxyl groups is 1. The SMILES string of the molecule is C=C/C=C(\C=C/N)[C@](C)(c1ccc(O)cc1)c1ccc(OC)cc1. The Hall–Kier alpha value is -2.94. The van der Waals surface area contributed by atoms with Gasteiger partial charge in [-0.1, -0.05) is 43.0 Å². The minimum Gasteiger partial charge on any atom is -0.508 e. The Balaban J connectivity index is 2.69. The highest BCUT2D eigenvalue weighted by atomic mass is 16.5. The molecule has 0 amide bonds. The molecule has 0 aliphatic carbocycles. The van der Waals surface area contributed by atoms with Crippen molar-refractivity contribution in [1.82, 2.24) is 0 Å². The quantitative estimate of drug-likeness (QED) is 0.780. The zero-order chi connectivity index (χ0) is 17.6.